The van der Waals surface area contributed by atoms with Gasteiger partial charge in [-0.25, -0.2) is 5.01 Å². The van der Waals surface area contributed by atoms with Crippen LogP contribution < -0.4 is 19.3 Å². The van der Waals surface area contributed by atoms with E-state index in [-0.39, 0.29) is 5.91 Å². The number of pyridine rings is 1. The maximum atomic E-state index is 14.6. The van der Waals surface area contributed by atoms with E-state index in [1.54, 1.807) is 17.4 Å². The molecule has 1 aromatic heterocycles. The number of amides is 1. The molecule has 3 heterocycles. The van der Waals surface area contributed by atoms with Crippen LogP contribution in [0.3, 0.4) is 0 Å². The molecule has 5 aromatic rings. The summed E-state index contributed by atoms with van der Waals surface area (Å²) in [5.74, 6) is 1.88. The smallest absolute Gasteiger partial charge is 0.275 e. The van der Waals surface area contributed by atoms with Gasteiger partial charge in [0, 0.05) is 83.7 Å². The average molecular weight is 652 g/mol. The molecule has 0 unspecified atom stereocenters. The van der Waals surface area contributed by atoms with Crippen molar-refractivity contribution in [3.05, 3.63) is 143 Å². The van der Waals surface area contributed by atoms with Crippen LogP contribution in [0, 0.1) is 0 Å². The van der Waals surface area contributed by atoms with Crippen molar-refractivity contribution < 1.29 is 14.3 Å². The van der Waals surface area contributed by atoms with Crippen LogP contribution in [-0.4, -0.2) is 48.3 Å². The monoisotopic (exact) mass is 651 g/mol. The average Bonchev–Trinajstić information content (AvgIpc) is 3.39. The number of anilines is 2. The van der Waals surface area contributed by atoms with E-state index in [1.165, 1.54) is 0 Å². The fraction of sp³-hybridized carbons (Fsp3) is 0.244. The van der Waals surface area contributed by atoms with Crippen LogP contribution in [0.2, 0.25) is 0 Å². The normalized spacial score (nSPS) is 14.0. The van der Waals surface area contributed by atoms with Crippen molar-refractivity contribution in [3.8, 4) is 17.2 Å². The van der Waals surface area contributed by atoms with Crippen LogP contribution in [0.25, 0.3) is 0 Å². The summed E-state index contributed by atoms with van der Waals surface area (Å²) in [6.45, 7) is 12.4. The van der Waals surface area contributed by atoms with Gasteiger partial charge in [0.15, 0.2) is 0 Å². The highest BCUT2D eigenvalue weighted by Gasteiger charge is 2.57. The van der Waals surface area contributed by atoms with E-state index in [4.69, 9.17) is 14.6 Å². The van der Waals surface area contributed by atoms with Gasteiger partial charge in [-0.1, -0.05) is 48.5 Å². The third kappa shape index (κ3) is 5.47. The van der Waals surface area contributed by atoms with E-state index in [0.717, 1.165) is 65.5 Å². The number of hydrogen-bond acceptors (Lipinski definition) is 7. The molecule has 248 valence electrons. The largest absolute Gasteiger partial charge is 0.487 e. The Labute approximate surface area is 288 Å². The summed E-state index contributed by atoms with van der Waals surface area (Å²) in [5.41, 5.74) is 5.83. The maximum absolute atomic E-state index is 14.6. The number of ether oxygens (including phenoxy) is 2. The van der Waals surface area contributed by atoms with Crippen molar-refractivity contribution in [1.82, 2.24) is 9.99 Å². The Morgan fingerprint density at radius 2 is 1.37 bits per heavy atom. The summed E-state index contributed by atoms with van der Waals surface area (Å²) in [6.07, 6.45) is 3.48. The van der Waals surface area contributed by atoms with Crippen molar-refractivity contribution >= 4 is 23.5 Å². The first-order chi connectivity index (χ1) is 24.0. The molecule has 0 saturated heterocycles. The molecule has 7 rings (SSSR count). The van der Waals surface area contributed by atoms with Crippen LogP contribution in [0.4, 0.5) is 11.4 Å². The highest BCUT2D eigenvalue weighted by atomic mass is 16.5. The summed E-state index contributed by atoms with van der Waals surface area (Å²) in [5, 5.41) is 6.69. The van der Waals surface area contributed by atoms with E-state index in [1.807, 2.05) is 66.7 Å². The molecule has 49 heavy (non-hydrogen) atoms. The topological polar surface area (TPSA) is 70.5 Å². The summed E-state index contributed by atoms with van der Waals surface area (Å²) in [6, 6.07) is 34.0. The predicted molar refractivity (Wildman–Crippen MR) is 195 cm³/mol. The molecule has 0 aliphatic carbocycles. The Morgan fingerprint density at radius 3 is 2.00 bits per heavy atom. The lowest BCUT2D eigenvalue weighted by molar-refractivity contribution is 0.0675. The van der Waals surface area contributed by atoms with Gasteiger partial charge in [-0.2, -0.15) is 5.10 Å². The molecule has 8 nitrogen and oxygen atoms in total. The first-order valence-electron chi connectivity index (χ1n) is 17.1. The van der Waals surface area contributed by atoms with E-state index in [0.29, 0.717) is 29.4 Å². The van der Waals surface area contributed by atoms with Gasteiger partial charge < -0.3 is 19.3 Å². The highest BCUT2D eigenvalue weighted by Crippen LogP contribution is 2.58. The first kappa shape index (κ1) is 31.9. The van der Waals surface area contributed by atoms with E-state index in [9.17, 15) is 4.79 Å². The second-order valence-electron chi connectivity index (χ2n) is 12.1. The SMILES string of the molecule is CCN(CC)c1ccc2c(c1)Oc1cc(N(CC)CC)ccc1C21c2ccccc2C(=O)N1/N=C/c1ccccc1OCc1ccccn1. The Hall–Kier alpha value is -5.63. The molecule has 1 spiro atoms. The van der Waals surface area contributed by atoms with Gasteiger partial charge in [0.05, 0.1) is 11.9 Å². The Balaban J connectivity index is 1.41. The van der Waals surface area contributed by atoms with E-state index < -0.39 is 5.54 Å². The lowest BCUT2D eigenvalue weighted by Crippen LogP contribution is -2.44. The van der Waals surface area contributed by atoms with Crippen LogP contribution >= 0.6 is 0 Å². The molecule has 2 aliphatic rings. The van der Waals surface area contributed by atoms with E-state index in [2.05, 4.69) is 78.9 Å². The number of carbonyl (C=O) groups excluding carboxylic acids is 1. The number of aromatic nitrogens is 1. The third-order valence-corrected chi connectivity index (χ3v) is 9.58. The predicted octanol–water partition coefficient (Wildman–Crippen LogP) is 8.24. The minimum Gasteiger partial charge on any atom is -0.487 e. The summed E-state index contributed by atoms with van der Waals surface area (Å²) < 4.78 is 13.0. The number of hydrazone groups is 1. The fourth-order valence-electron chi connectivity index (χ4n) is 7.12. The van der Waals surface area contributed by atoms with Crippen molar-refractivity contribution in [2.45, 2.75) is 39.8 Å². The minimum absolute atomic E-state index is 0.182. The molecule has 1 amide bonds. The van der Waals surface area contributed by atoms with Gasteiger partial charge in [0.25, 0.3) is 5.91 Å². The highest BCUT2D eigenvalue weighted by molar-refractivity contribution is 6.03. The Kier molecular flexibility index (Phi) is 8.78. The third-order valence-electron chi connectivity index (χ3n) is 9.58. The maximum Gasteiger partial charge on any atom is 0.275 e. The lowest BCUT2D eigenvalue weighted by atomic mass is 9.75. The van der Waals surface area contributed by atoms with Gasteiger partial charge >= 0.3 is 0 Å². The Bertz CT molecular complexity index is 1940. The van der Waals surface area contributed by atoms with Gasteiger partial charge in [-0.15, -0.1) is 0 Å². The summed E-state index contributed by atoms with van der Waals surface area (Å²) in [7, 11) is 0. The number of nitrogens with zero attached hydrogens (tertiary/aromatic N) is 5. The molecule has 0 atom stereocenters. The van der Waals surface area contributed by atoms with Crippen molar-refractivity contribution in [1.29, 1.82) is 0 Å². The zero-order valence-corrected chi connectivity index (χ0v) is 28.5. The van der Waals surface area contributed by atoms with Crippen LogP contribution in [0.15, 0.2) is 114 Å². The number of fused-ring (bicyclic) bond motifs is 6. The van der Waals surface area contributed by atoms with Gasteiger partial charge in [0.1, 0.15) is 29.4 Å². The number of carbonyl (C=O) groups is 1. The van der Waals surface area contributed by atoms with Crippen molar-refractivity contribution in [3.63, 3.8) is 0 Å². The van der Waals surface area contributed by atoms with Crippen LogP contribution in [0.5, 0.6) is 17.2 Å². The molecule has 0 bridgehead atoms. The standard InChI is InChI=1S/C41H41N5O3/c1-5-44(6-2)31-20-22-35-38(25-31)49-39-26-32(45(7-3)8-4)21-23-36(39)41(35)34-18-11-10-17-33(34)40(47)46(41)43-27-29-15-9-12-19-37(29)48-28-30-16-13-14-24-42-30/h9-27H,5-8,28H2,1-4H3/b43-27+. The van der Waals surface area contributed by atoms with Crippen LogP contribution in [0.1, 0.15) is 66.0 Å². The summed E-state index contributed by atoms with van der Waals surface area (Å²) in [4.78, 5) is 23.5. The molecular weight excluding hydrogens is 610 g/mol. The molecule has 2 aliphatic heterocycles. The molecular formula is C41H41N5O3. The molecule has 0 fully saturated rings. The summed E-state index contributed by atoms with van der Waals surface area (Å²) >= 11 is 0. The second-order valence-corrected chi connectivity index (χ2v) is 12.1. The molecule has 4 aromatic carbocycles. The number of benzene rings is 4. The van der Waals surface area contributed by atoms with Gasteiger partial charge in [-0.3, -0.25) is 9.78 Å². The van der Waals surface area contributed by atoms with Gasteiger partial charge in [-0.05, 0) is 70.2 Å². The minimum atomic E-state index is -1.07. The van der Waals surface area contributed by atoms with Crippen molar-refractivity contribution in [2.75, 3.05) is 36.0 Å². The zero-order valence-electron chi connectivity index (χ0n) is 28.5. The second kappa shape index (κ2) is 13.5. The molecule has 8 heteroatoms. The number of rotatable bonds is 11. The number of hydrogen-bond donors (Lipinski definition) is 0. The van der Waals surface area contributed by atoms with E-state index >= 15 is 0 Å². The molecule has 0 radical (unpaired) electrons. The van der Waals surface area contributed by atoms with Crippen molar-refractivity contribution in [2.24, 2.45) is 5.10 Å². The fourth-order valence-corrected chi connectivity index (χ4v) is 7.12. The van der Waals surface area contributed by atoms with Crippen LogP contribution in [-0.2, 0) is 12.1 Å². The first-order valence-corrected chi connectivity index (χ1v) is 17.1. The molecule has 0 N–H and O–H groups in total. The zero-order chi connectivity index (χ0) is 34.0. The lowest BCUT2D eigenvalue weighted by Gasteiger charge is -2.42. The molecule has 0 saturated carbocycles. The quantitative estimate of drug-likeness (QED) is 0.134. The van der Waals surface area contributed by atoms with Gasteiger partial charge in [0.2, 0.25) is 0 Å². The Morgan fingerprint density at radius 1 is 0.755 bits per heavy atom. The number of para-hydroxylation sites is 1.